The topological polar surface area (TPSA) is 91.1 Å². The van der Waals surface area contributed by atoms with Crippen LogP contribution in [0.2, 0.25) is 0 Å². The van der Waals surface area contributed by atoms with Crippen LogP contribution < -0.4 is 11.3 Å². The van der Waals surface area contributed by atoms with Gasteiger partial charge >= 0.3 is 0 Å². The van der Waals surface area contributed by atoms with Crippen molar-refractivity contribution in [1.29, 1.82) is 0 Å². The highest BCUT2D eigenvalue weighted by molar-refractivity contribution is 7.15. The molecule has 1 aromatic carbocycles. The molecule has 0 spiro atoms. The molecule has 8 heteroatoms. The highest BCUT2D eigenvalue weighted by Crippen LogP contribution is 2.17. The molecule has 0 unspecified atom stereocenters. The van der Waals surface area contributed by atoms with E-state index in [-0.39, 0.29) is 5.56 Å². The van der Waals surface area contributed by atoms with Crippen molar-refractivity contribution in [2.45, 2.75) is 13.1 Å². The van der Waals surface area contributed by atoms with E-state index in [9.17, 15) is 4.79 Å². The van der Waals surface area contributed by atoms with Crippen molar-refractivity contribution in [2.75, 3.05) is 31.9 Å². The minimum atomic E-state index is -0.0676. The SMILES string of the molecule is Nc1ncc(CN2CCN(Cc3nc4ccccc4c(=O)[nH]3)CC2)s1. The lowest BCUT2D eigenvalue weighted by atomic mass is 10.2. The van der Waals surface area contributed by atoms with E-state index in [0.29, 0.717) is 17.1 Å². The smallest absolute Gasteiger partial charge is 0.258 e. The van der Waals surface area contributed by atoms with Gasteiger partial charge < -0.3 is 10.7 Å². The van der Waals surface area contributed by atoms with Crippen molar-refractivity contribution >= 4 is 27.4 Å². The Bertz CT molecular complexity index is 928. The molecular formula is C17H20N6OS. The van der Waals surface area contributed by atoms with Crippen LogP contribution in [-0.2, 0) is 13.1 Å². The molecule has 0 atom stereocenters. The van der Waals surface area contributed by atoms with E-state index in [2.05, 4.69) is 24.8 Å². The van der Waals surface area contributed by atoms with Crippen LogP contribution in [-0.4, -0.2) is 50.9 Å². The van der Waals surface area contributed by atoms with E-state index in [1.165, 1.54) is 4.88 Å². The summed E-state index contributed by atoms with van der Waals surface area (Å²) in [6, 6.07) is 7.45. The number of nitrogen functional groups attached to an aromatic ring is 1. The number of nitrogens with one attached hydrogen (secondary N) is 1. The van der Waals surface area contributed by atoms with Crippen LogP contribution in [0.25, 0.3) is 10.9 Å². The molecule has 0 aliphatic carbocycles. The molecule has 0 amide bonds. The molecule has 25 heavy (non-hydrogen) atoms. The summed E-state index contributed by atoms with van der Waals surface area (Å²) < 4.78 is 0. The third-order valence-electron chi connectivity index (χ3n) is 4.45. The lowest BCUT2D eigenvalue weighted by molar-refractivity contribution is 0.120. The Morgan fingerprint density at radius 2 is 1.84 bits per heavy atom. The van der Waals surface area contributed by atoms with Crippen LogP contribution in [0.3, 0.4) is 0 Å². The molecule has 4 rings (SSSR count). The average Bonchev–Trinajstić information content (AvgIpc) is 3.02. The standard InChI is InChI=1S/C17H20N6OS/c18-17-19-9-12(25-17)10-22-5-7-23(8-6-22)11-15-20-14-4-2-1-3-13(14)16(24)21-15/h1-4,9H,5-8,10-11H2,(H2,18,19)(H,20,21,24). The molecule has 0 saturated carbocycles. The summed E-state index contributed by atoms with van der Waals surface area (Å²) in [6.45, 7) is 5.43. The first-order valence-corrected chi connectivity index (χ1v) is 9.12. The fourth-order valence-corrected chi connectivity index (χ4v) is 3.87. The second-order valence-corrected chi connectivity index (χ2v) is 7.39. The number of aromatic nitrogens is 3. The number of nitrogens with two attached hydrogens (primary N) is 1. The Labute approximate surface area is 149 Å². The van der Waals surface area contributed by atoms with Gasteiger partial charge in [0.2, 0.25) is 0 Å². The summed E-state index contributed by atoms with van der Waals surface area (Å²) in [5.41, 5.74) is 6.37. The van der Waals surface area contributed by atoms with Gasteiger partial charge in [-0.25, -0.2) is 9.97 Å². The van der Waals surface area contributed by atoms with Crippen molar-refractivity contribution in [3.63, 3.8) is 0 Å². The van der Waals surface area contributed by atoms with Crippen LogP contribution >= 0.6 is 11.3 Å². The fourth-order valence-electron chi connectivity index (χ4n) is 3.14. The number of anilines is 1. The lowest BCUT2D eigenvalue weighted by Gasteiger charge is -2.34. The third-order valence-corrected chi connectivity index (χ3v) is 5.26. The summed E-state index contributed by atoms with van der Waals surface area (Å²) in [5, 5.41) is 1.26. The van der Waals surface area contributed by atoms with Crippen molar-refractivity contribution < 1.29 is 0 Å². The normalized spacial score (nSPS) is 16.5. The Balaban J connectivity index is 1.38. The van der Waals surface area contributed by atoms with Gasteiger partial charge in [-0.15, -0.1) is 11.3 Å². The van der Waals surface area contributed by atoms with Crippen LogP contribution in [0.15, 0.2) is 35.3 Å². The van der Waals surface area contributed by atoms with E-state index in [4.69, 9.17) is 5.73 Å². The lowest BCUT2D eigenvalue weighted by Crippen LogP contribution is -2.45. The van der Waals surface area contributed by atoms with Gasteiger partial charge in [0, 0.05) is 43.8 Å². The summed E-state index contributed by atoms with van der Waals surface area (Å²) in [7, 11) is 0. The fraction of sp³-hybridized carbons (Fsp3) is 0.353. The van der Waals surface area contributed by atoms with Crippen LogP contribution in [0.4, 0.5) is 5.13 Å². The number of benzene rings is 1. The summed E-state index contributed by atoms with van der Waals surface area (Å²) >= 11 is 1.55. The van der Waals surface area contributed by atoms with E-state index in [0.717, 1.165) is 44.1 Å². The molecule has 2 aromatic heterocycles. The summed E-state index contributed by atoms with van der Waals surface area (Å²) in [5.74, 6) is 0.729. The molecule has 1 saturated heterocycles. The number of piperazine rings is 1. The molecule has 3 heterocycles. The zero-order valence-electron chi connectivity index (χ0n) is 13.8. The number of hydrogen-bond acceptors (Lipinski definition) is 7. The van der Waals surface area contributed by atoms with Gasteiger partial charge in [-0.3, -0.25) is 14.6 Å². The molecule has 3 aromatic rings. The van der Waals surface area contributed by atoms with Crippen LogP contribution in [0.5, 0.6) is 0 Å². The Morgan fingerprint density at radius 1 is 1.12 bits per heavy atom. The Morgan fingerprint density at radius 3 is 2.56 bits per heavy atom. The number of fused-ring (bicyclic) bond motifs is 1. The van der Waals surface area contributed by atoms with Gasteiger partial charge in [-0.05, 0) is 12.1 Å². The molecule has 0 radical (unpaired) electrons. The van der Waals surface area contributed by atoms with Gasteiger partial charge in [-0.1, -0.05) is 12.1 Å². The highest BCUT2D eigenvalue weighted by atomic mass is 32.1. The number of thiazole rings is 1. The van der Waals surface area contributed by atoms with Gasteiger partial charge in [-0.2, -0.15) is 0 Å². The minimum absolute atomic E-state index is 0.0676. The van der Waals surface area contributed by atoms with E-state index >= 15 is 0 Å². The molecule has 7 nitrogen and oxygen atoms in total. The second kappa shape index (κ2) is 6.91. The van der Waals surface area contributed by atoms with Crippen LogP contribution in [0.1, 0.15) is 10.7 Å². The number of nitrogens with zero attached hydrogens (tertiary/aromatic N) is 4. The zero-order valence-corrected chi connectivity index (χ0v) is 14.6. The number of H-pyrrole nitrogens is 1. The first kappa shape index (κ1) is 16.2. The number of rotatable bonds is 4. The third kappa shape index (κ3) is 3.71. The monoisotopic (exact) mass is 356 g/mol. The van der Waals surface area contributed by atoms with Gasteiger partial charge in [0.15, 0.2) is 5.13 Å². The van der Waals surface area contributed by atoms with E-state index in [1.54, 1.807) is 17.4 Å². The first-order chi connectivity index (χ1) is 12.2. The molecule has 130 valence electrons. The van der Waals surface area contributed by atoms with Gasteiger partial charge in [0.1, 0.15) is 5.82 Å². The average molecular weight is 356 g/mol. The minimum Gasteiger partial charge on any atom is -0.375 e. The molecule has 3 N–H and O–H groups in total. The number of para-hydroxylation sites is 1. The van der Waals surface area contributed by atoms with Crippen molar-refractivity contribution in [3.05, 3.63) is 51.5 Å². The maximum Gasteiger partial charge on any atom is 0.258 e. The van der Waals surface area contributed by atoms with Crippen LogP contribution in [0, 0.1) is 0 Å². The second-order valence-electron chi connectivity index (χ2n) is 6.25. The molecular weight excluding hydrogens is 336 g/mol. The first-order valence-electron chi connectivity index (χ1n) is 8.30. The molecule has 1 aliphatic rings. The molecule has 1 aliphatic heterocycles. The Hall–Kier alpha value is -2.29. The highest BCUT2D eigenvalue weighted by Gasteiger charge is 2.18. The number of hydrogen-bond donors (Lipinski definition) is 2. The predicted octanol–water partition coefficient (Wildman–Crippen LogP) is 1.28. The van der Waals surface area contributed by atoms with Crippen molar-refractivity contribution in [1.82, 2.24) is 24.8 Å². The van der Waals surface area contributed by atoms with Crippen molar-refractivity contribution in [2.24, 2.45) is 0 Å². The summed E-state index contributed by atoms with van der Waals surface area (Å²) in [4.78, 5) is 29.7. The van der Waals surface area contributed by atoms with E-state index < -0.39 is 0 Å². The zero-order chi connectivity index (χ0) is 17.2. The Kier molecular flexibility index (Phi) is 4.48. The van der Waals surface area contributed by atoms with Gasteiger partial charge in [0.05, 0.1) is 17.4 Å². The summed E-state index contributed by atoms with van der Waals surface area (Å²) in [6.07, 6.45) is 1.86. The van der Waals surface area contributed by atoms with E-state index in [1.807, 2.05) is 24.4 Å². The molecule has 1 fully saturated rings. The van der Waals surface area contributed by atoms with Crippen molar-refractivity contribution in [3.8, 4) is 0 Å². The number of aromatic amines is 1. The molecule has 0 bridgehead atoms. The maximum absolute atomic E-state index is 12.2. The maximum atomic E-state index is 12.2. The van der Waals surface area contributed by atoms with Gasteiger partial charge in [0.25, 0.3) is 5.56 Å². The largest absolute Gasteiger partial charge is 0.375 e. The quantitative estimate of drug-likeness (QED) is 0.732. The predicted molar refractivity (Wildman–Crippen MR) is 99.4 cm³/mol.